The lowest BCUT2D eigenvalue weighted by Crippen LogP contribution is -2.39. The highest BCUT2D eigenvalue weighted by Gasteiger charge is 2.22. The van der Waals surface area contributed by atoms with Crippen LogP contribution in [-0.2, 0) is 9.59 Å². The minimum Gasteiger partial charge on any atom is -0.393 e. The predicted octanol–water partition coefficient (Wildman–Crippen LogP) is 0.960. The van der Waals surface area contributed by atoms with Gasteiger partial charge in [-0.25, -0.2) is 0 Å². The first-order valence-corrected chi connectivity index (χ1v) is 8.50. The van der Waals surface area contributed by atoms with Gasteiger partial charge in [0.05, 0.1) is 6.10 Å². The van der Waals surface area contributed by atoms with Gasteiger partial charge in [0.1, 0.15) is 0 Å². The number of carbonyl (C=O) groups is 3. The number of aliphatic hydroxyl groups excluding tert-OH is 1. The van der Waals surface area contributed by atoms with Gasteiger partial charge in [0.2, 0.25) is 0 Å². The van der Waals surface area contributed by atoms with Gasteiger partial charge in [0.15, 0.2) is 0 Å². The molecule has 2 rings (SSSR count). The maximum atomic E-state index is 12.1. The van der Waals surface area contributed by atoms with E-state index in [0.29, 0.717) is 24.2 Å². The molecule has 2 unspecified atom stereocenters. The van der Waals surface area contributed by atoms with Crippen molar-refractivity contribution >= 4 is 23.4 Å². The number of aliphatic hydroxyl groups is 1. The molecule has 7 nitrogen and oxygen atoms in total. The SMILES string of the molecule is CNC(=O)c1ccc(C)c(NC(=O)C(=O)NCC2CCCC(O)C2)c1. The van der Waals surface area contributed by atoms with Crippen molar-refractivity contribution in [1.29, 1.82) is 0 Å². The summed E-state index contributed by atoms with van der Waals surface area (Å²) in [5.41, 5.74) is 1.58. The zero-order chi connectivity index (χ0) is 18.4. The molecule has 0 radical (unpaired) electrons. The molecule has 2 atom stereocenters. The average Bonchev–Trinajstić information content (AvgIpc) is 2.60. The third kappa shape index (κ3) is 5.29. The van der Waals surface area contributed by atoms with Crippen LogP contribution in [-0.4, -0.2) is 42.5 Å². The smallest absolute Gasteiger partial charge is 0.313 e. The number of amides is 3. The molecule has 0 aliphatic heterocycles. The van der Waals surface area contributed by atoms with E-state index in [1.165, 1.54) is 13.1 Å². The molecule has 25 heavy (non-hydrogen) atoms. The number of anilines is 1. The standard InChI is InChI=1S/C18H25N3O4/c1-11-6-7-13(16(23)19-2)9-15(11)21-18(25)17(24)20-10-12-4-3-5-14(22)8-12/h6-7,9,12,14,22H,3-5,8,10H2,1-2H3,(H,19,23)(H,20,24)(H,21,25). The minimum atomic E-state index is -0.770. The predicted molar refractivity (Wildman–Crippen MR) is 94.2 cm³/mol. The third-order valence-electron chi connectivity index (χ3n) is 4.49. The minimum absolute atomic E-state index is 0.193. The molecule has 1 fully saturated rings. The van der Waals surface area contributed by atoms with E-state index in [4.69, 9.17) is 0 Å². The van der Waals surface area contributed by atoms with Gasteiger partial charge in [-0.1, -0.05) is 12.5 Å². The maximum absolute atomic E-state index is 12.1. The summed E-state index contributed by atoms with van der Waals surface area (Å²) in [6, 6.07) is 4.90. The molecule has 3 amide bonds. The lowest BCUT2D eigenvalue weighted by Gasteiger charge is -2.25. The van der Waals surface area contributed by atoms with Gasteiger partial charge < -0.3 is 21.1 Å². The van der Waals surface area contributed by atoms with E-state index in [1.54, 1.807) is 19.1 Å². The van der Waals surface area contributed by atoms with E-state index in [1.807, 2.05) is 0 Å². The van der Waals surface area contributed by atoms with Crippen molar-refractivity contribution in [2.24, 2.45) is 5.92 Å². The van der Waals surface area contributed by atoms with Gasteiger partial charge in [0, 0.05) is 24.8 Å². The summed E-state index contributed by atoms with van der Waals surface area (Å²) in [4.78, 5) is 35.7. The Morgan fingerprint density at radius 1 is 1.20 bits per heavy atom. The van der Waals surface area contributed by atoms with Crippen molar-refractivity contribution in [3.05, 3.63) is 29.3 Å². The second kappa shape index (κ2) is 8.62. The Balaban J connectivity index is 1.92. The fourth-order valence-electron chi connectivity index (χ4n) is 2.99. The third-order valence-corrected chi connectivity index (χ3v) is 4.49. The Kier molecular flexibility index (Phi) is 6.52. The van der Waals surface area contributed by atoms with Crippen LogP contribution >= 0.6 is 0 Å². The number of hydrogen-bond donors (Lipinski definition) is 4. The van der Waals surface area contributed by atoms with E-state index in [2.05, 4.69) is 16.0 Å². The Morgan fingerprint density at radius 2 is 1.96 bits per heavy atom. The number of nitrogens with one attached hydrogen (secondary N) is 3. The molecule has 0 spiro atoms. The number of carbonyl (C=O) groups excluding carboxylic acids is 3. The number of aryl methyl sites for hydroxylation is 1. The Bertz CT molecular complexity index is 660. The fraction of sp³-hybridized carbons (Fsp3) is 0.500. The van der Waals surface area contributed by atoms with Gasteiger partial charge in [0.25, 0.3) is 5.91 Å². The summed E-state index contributed by atoms with van der Waals surface area (Å²) in [6.45, 7) is 2.16. The van der Waals surface area contributed by atoms with Crippen molar-refractivity contribution in [3.63, 3.8) is 0 Å². The van der Waals surface area contributed by atoms with E-state index < -0.39 is 11.8 Å². The quantitative estimate of drug-likeness (QED) is 0.609. The molecule has 1 aliphatic carbocycles. The zero-order valence-corrected chi connectivity index (χ0v) is 14.6. The molecule has 4 N–H and O–H groups in total. The Morgan fingerprint density at radius 3 is 2.64 bits per heavy atom. The van der Waals surface area contributed by atoms with Crippen molar-refractivity contribution < 1.29 is 19.5 Å². The largest absolute Gasteiger partial charge is 0.393 e. The first kappa shape index (κ1) is 18.9. The molecule has 1 aromatic rings. The van der Waals surface area contributed by atoms with Gasteiger partial charge in [-0.15, -0.1) is 0 Å². The Labute approximate surface area is 147 Å². The van der Waals surface area contributed by atoms with Crippen LogP contribution in [0.25, 0.3) is 0 Å². The maximum Gasteiger partial charge on any atom is 0.313 e. The summed E-state index contributed by atoms with van der Waals surface area (Å²) < 4.78 is 0. The topological polar surface area (TPSA) is 108 Å². The number of hydrogen-bond acceptors (Lipinski definition) is 4. The summed E-state index contributed by atoms with van der Waals surface area (Å²) in [6.07, 6.45) is 2.99. The normalized spacial score (nSPS) is 19.8. The van der Waals surface area contributed by atoms with Crippen LogP contribution in [0.4, 0.5) is 5.69 Å². The van der Waals surface area contributed by atoms with Crippen molar-refractivity contribution in [2.75, 3.05) is 18.9 Å². The van der Waals surface area contributed by atoms with E-state index in [0.717, 1.165) is 24.8 Å². The number of benzene rings is 1. The molecular formula is C18H25N3O4. The molecule has 0 saturated heterocycles. The second-order valence-corrected chi connectivity index (χ2v) is 6.46. The number of rotatable bonds is 4. The summed E-state index contributed by atoms with van der Waals surface area (Å²) in [5.74, 6) is -1.56. The lowest BCUT2D eigenvalue weighted by molar-refractivity contribution is -0.136. The van der Waals surface area contributed by atoms with Crippen molar-refractivity contribution in [3.8, 4) is 0 Å². The van der Waals surface area contributed by atoms with Gasteiger partial charge >= 0.3 is 11.8 Å². The molecule has 0 aromatic heterocycles. The van der Waals surface area contributed by atoms with Crippen molar-refractivity contribution in [1.82, 2.24) is 10.6 Å². The second-order valence-electron chi connectivity index (χ2n) is 6.46. The van der Waals surface area contributed by atoms with E-state index >= 15 is 0 Å². The van der Waals surface area contributed by atoms with Gasteiger partial charge in [-0.05, 0) is 49.8 Å². The summed E-state index contributed by atoms with van der Waals surface area (Å²) in [7, 11) is 1.52. The van der Waals surface area contributed by atoms with Crippen LogP contribution in [0.1, 0.15) is 41.6 Å². The lowest BCUT2D eigenvalue weighted by atomic mass is 9.87. The zero-order valence-electron chi connectivity index (χ0n) is 14.6. The molecule has 0 heterocycles. The van der Waals surface area contributed by atoms with Crippen molar-refractivity contribution in [2.45, 2.75) is 38.7 Å². The van der Waals surface area contributed by atoms with Gasteiger partial charge in [-0.3, -0.25) is 14.4 Å². The van der Waals surface area contributed by atoms with Crippen LogP contribution in [0.3, 0.4) is 0 Å². The highest BCUT2D eigenvalue weighted by Crippen LogP contribution is 2.23. The molecule has 1 aliphatic rings. The molecule has 1 saturated carbocycles. The van der Waals surface area contributed by atoms with E-state index in [9.17, 15) is 19.5 Å². The molecule has 136 valence electrons. The summed E-state index contributed by atoms with van der Waals surface area (Å²) >= 11 is 0. The van der Waals surface area contributed by atoms with E-state index in [-0.39, 0.29) is 17.9 Å². The van der Waals surface area contributed by atoms with Crippen LogP contribution in [0.2, 0.25) is 0 Å². The summed E-state index contributed by atoms with van der Waals surface area (Å²) in [5, 5.41) is 17.3. The molecule has 7 heteroatoms. The van der Waals surface area contributed by atoms with Crippen LogP contribution in [0.15, 0.2) is 18.2 Å². The first-order chi connectivity index (χ1) is 11.9. The van der Waals surface area contributed by atoms with Crippen LogP contribution < -0.4 is 16.0 Å². The first-order valence-electron chi connectivity index (χ1n) is 8.50. The molecular weight excluding hydrogens is 322 g/mol. The monoisotopic (exact) mass is 347 g/mol. The van der Waals surface area contributed by atoms with Crippen LogP contribution in [0.5, 0.6) is 0 Å². The van der Waals surface area contributed by atoms with Gasteiger partial charge in [-0.2, -0.15) is 0 Å². The molecule has 1 aromatic carbocycles. The Hall–Kier alpha value is -2.41. The molecule has 0 bridgehead atoms. The fourth-order valence-corrected chi connectivity index (χ4v) is 2.99. The van der Waals surface area contributed by atoms with Crippen LogP contribution in [0, 0.1) is 12.8 Å². The highest BCUT2D eigenvalue weighted by atomic mass is 16.3. The average molecular weight is 347 g/mol. The highest BCUT2D eigenvalue weighted by molar-refractivity contribution is 6.39.